The molecule has 0 aliphatic heterocycles. The number of carbonyl (C=O) groups is 2. The van der Waals surface area contributed by atoms with E-state index in [4.69, 9.17) is 0 Å². The molecule has 1 aromatic heterocycles. The molecule has 0 aliphatic rings. The number of aldehydes is 1. The van der Waals surface area contributed by atoms with Gasteiger partial charge in [-0.1, -0.05) is 13.8 Å². The summed E-state index contributed by atoms with van der Waals surface area (Å²) in [4.78, 5) is 31.6. The normalized spacial score (nSPS) is 12.8. The van der Waals surface area contributed by atoms with Crippen LogP contribution in [-0.2, 0) is 19.6 Å². The summed E-state index contributed by atoms with van der Waals surface area (Å²) < 4.78 is 38.5. The number of ketones is 1. The summed E-state index contributed by atoms with van der Waals surface area (Å²) in [6.07, 6.45) is 2.87. The van der Waals surface area contributed by atoms with E-state index in [0.29, 0.717) is 28.8 Å². The van der Waals surface area contributed by atoms with Gasteiger partial charge in [0.05, 0.1) is 23.7 Å². The van der Waals surface area contributed by atoms with Crippen molar-refractivity contribution in [3.63, 3.8) is 0 Å². The zero-order chi connectivity index (χ0) is 24.1. The predicted octanol–water partition coefficient (Wildman–Crippen LogP) is 2.72. The van der Waals surface area contributed by atoms with Crippen LogP contribution in [0.4, 0.5) is 10.3 Å². The topological polar surface area (TPSA) is 118 Å². The van der Waals surface area contributed by atoms with Crippen molar-refractivity contribution in [2.75, 3.05) is 17.6 Å². The first-order valence-electron chi connectivity index (χ1n) is 9.88. The minimum absolute atomic E-state index is 0.0552. The average Bonchev–Trinajstić information content (AvgIpc) is 2.71. The molecular weight excluding hydrogens is 437 g/mol. The molecule has 0 spiro atoms. The van der Waals surface area contributed by atoms with E-state index in [1.54, 1.807) is 0 Å². The highest BCUT2D eigenvalue weighted by Crippen LogP contribution is 2.31. The zero-order valence-electron chi connectivity index (χ0n) is 18.3. The molecule has 0 unspecified atom stereocenters. The molecule has 1 N–H and O–H groups in total. The number of nitrogens with zero attached hydrogens (tertiary/aromatic N) is 3. The van der Waals surface area contributed by atoms with Crippen LogP contribution in [0.1, 0.15) is 43.9 Å². The number of sulfonamides is 1. The number of hydrogen-bond donors (Lipinski definition) is 1. The molecule has 10 heteroatoms. The Balaban J connectivity index is 2.66. The smallest absolute Gasteiger partial charge is 0.239 e. The van der Waals surface area contributed by atoms with Crippen molar-refractivity contribution in [3.8, 4) is 11.3 Å². The second-order valence-corrected chi connectivity index (χ2v) is 9.64. The number of aliphatic hydroxyl groups excluding tert-OH is 1. The van der Waals surface area contributed by atoms with Crippen molar-refractivity contribution in [2.45, 2.75) is 38.7 Å². The number of halogens is 1. The fourth-order valence-electron chi connectivity index (χ4n) is 2.87. The van der Waals surface area contributed by atoms with E-state index in [-0.39, 0.29) is 24.7 Å². The summed E-state index contributed by atoms with van der Waals surface area (Å²) in [6.45, 7) is 3.71. The van der Waals surface area contributed by atoms with Crippen molar-refractivity contribution in [3.05, 3.63) is 47.4 Å². The fraction of sp³-hybridized carbons (Fsp3) is 0.364. The number of benzene rings is 1. The van der Waals surface area contributed by atoms with E-state index in [9.17, 15) is 27.5 Å². The highest BCUT2D eigenvalue weighted by Gasteiger charge is 2.22. The summed E-state index contributed by atoms with van der Waals surface area (Å²) in [6, 6.07) is 5.50. The van der Waals surface area contributed by atoms with Crippen LogP contribution in [-0.4, -0.2) is 55.0 Å². The maximum absolute atomic E-state index is 13.5. The Labute approximate surface area is 186 Å². The van der Waals surface area contributed by atoms with E-state index in [0.717, 1.165) is 10.6 Å². The standard InChI is InChI=1S/C22H26FN3O5S/c1-14(2)20-19(10-9-17(28)13-18(29)11-12-27)21(15-5-7-16(23)8-6-15)25-22(24-20)26(3)32(4,30)31/h5-10,12,14,18,29H,11,13H2,1-4H3/b10-9+/t18-/m0/s1. The van der Waals surface area contributed by atoms with Crippen molar-refractivity contribution in [1.29, 1.82) is 0 Å². The van der Waals surface area contributed by atoms with Crippen LogP contribution in [0.5, 0.6) is 0 Å². The quantitative estimate of drug-likeness (QED) is 0.425. The van der Waals surface area contributed by atoms with Crippen molar-refractivity contribution in [2.24, 2.45) is 0 Å². The first-order chi connectivity index (χ1) is 14.9. The summed E-state index contributed by atoms with van der Waals surface area (Å²) in [5, 5.41) is 9.68. The number of allylic oxidation sites excluding steroid dienone is 1. The minimum atomic E-state index is -3.64. The Bertz CT molecular complexity index is 1120. The van der Waals surface area contributed by atoms with Gasteiger partial charge < -0.3 is 9.90 Å². The molecule has 0 saturated heterocycles. The molecule has 1 atom stereocenters. The van der Waals surface area contributed by atoms with Gasteiger partial charge in [0.25, 0.3) is 0 Å². The molecule has 172 valence electrons. The molecule has 32 heavy (non-hydrogen) atoms. The van der Waals surface area contributed by atoms with E-state index in [1.165, 1.54) is 43.5 Å². The highest BCUT2D eigenvalue weighted by molar-refractivity contribution is 7.92. The average molecular weight is 464 g/mol. The Morgan fingerprint density at radius 2 is 1.84 bits per heavy atom. The molecule has 0 fully saturated rings. The Kier molecular flexibility index (Phi) is 8.34. The maximum atomic E-state index is 13.5. The molecule has 2 rings (SSSR count). The Hall–Kier alpha value is -2.98. The predicted molar refractivity (Wildman–Crippen MR) is 120 cm³/mol. The number of carbonyl (C=O) groups excluding carboxylic acids is 2. The summed E-state index contributed by atoms with van der Waals surface area (Å²) in [5.41, 5.74) is 1.79. The number of rotatable bonds is 10. The molecule has 0 radical (unpaired) electrons. The summed E-state index contributed by atoms with van der Waals surface area (Å²) >= 11 is 0. The minimum Gasteiger partial charge on any atom is -0.392 e. The lowest BCUT2D eigenvalue weighted by molar-refractivity contribution is -0.117. The van der Waals surface area contributed by atoms with E-state index < -0.39 is 27.7 Å². The van der Waals surface area contributed by atoms with Gasteiger partial charge in [-0.25, -0.2) is 27.1 Å². The third-order valence-corrected chi connectivity index (χ3v) is 5.81. The third kappa shape index (κ3) is 6.51. The Morgan fingerprint density at radius 3 is 2.38 bits per heavy atom. The van der Waals surface area contributed by atoms with Gasteiger partial charge in [0.2, 0.25) is 16.0 Å². The van der Waals surface area contributed by atoms with E-state index in [2.05, 4.69) is 9.97 Å². The molecule has 0 aliphatic carbocycles. The molecule has 0 bridgehead atoms. The molecular formula is C22H26FN3O5S. The second-order valence-electron chi connectivity index (χ2n) is 7.62. The van der Waals surface area contributed by atoms with Crippen LogP contribution in [0, 0.1) is 5.82 Å². The fourth-order valence-corrected chi connectivity index (χ4v) is 3.25. The monoisotopic (exact) mass is 463 g/mol. The maximum Gasteiger partial charge on any atom is 0.239 e. The summed E-state index contributed by atoms with van der Waals surface area (Å²) in [5.74, 6) is -1.08. The molecule has 0 saturated carbocycles. The van der Waals surface area contributed by atoms with Crippen LogP contribution >= 0.6 is 0 Å². The van der Waals surface area contributed by atoms with Gasteiger partial charge in [-0.2, -0.15) is 0 Å². The Morgan fingerprint density at radius 1 is 1.22 bits per heavy atom. The van der Waals surface area contributed by atoms with Gasteiger partial charge >= 0.3 is 0 Å². The largest absolute Gasteiger partial charge is 0.392 e. The summed E-state index contributed by atoms with van der Waals surface area (Å²) in [7, 11) is -2.31. The van der Waals surface area contributed by atoms with Gasteiger partial charge in [0, 0.05) is 31.0 Å². The molecule has 2 aromatic rings. The molecule has 1 aromatic carbocycles. The van der Waals surface area contributed by atoms with E-state index >= 15 is 0 Å². The lowest BCUT2D eigenvalue weighted by atomic mass is 9.97. The molecule has 0 amide bonds. The van der Waals surface area contributed by atoms with Gasteiger partial charge in [-0.3, -0.25) is 4.79 Å². The van der Waals surface area contributed by atoms with E-state index in [1.807, 2.05) is 13.8 Å². The van der Waals surface area contributed by atoms with Crippen LogP contribution in [0.25, 0.3) is 17.3 Å². The molecule has 8 nitrogen and oxygen atoms in total. The number of hydrogen-bond acceptors (Lipinski definition) is 7. The van der Waals surface area contributed by atoms with Crippen LogP contribution in [0.3, 0.4) is 0 Å². The first kappa shape index (κ1) is 25.3. The van der Waals surface area contributed by atoms with Crippen molar-refractivity contribution >= 4 is 34.1 Å². The lowest BCUT2D eigenvalue weighted by Crippen LogP contribution is -2.27. The van der Waals surface area contributed by atoms with Crippen molar-refractivity contribution < 1.29 is 27.5 Å². The van der Waals surface area contributed by atoms with Gasteiger partial charge in [-0.15, -0.1) is 0 Å². The lowest BCUT2D eigenvalue weighted by Gasteiger charge is -2.20. The van der Waals surface area contributed by atoms with Gasteiger partial charge in [0.1, 0.15) is 12.1 Å². The molecule has 1 heterocycles. The number of aromatic nitrogens is 2. The van der Waals surface area contributed by atoms with Gasteiger partial charge in [0.15, 0.2) is 5.78 Å². The zero-order valence-corrected chi connectivity index (χ0v) is 19.1. The van der Waals surface area contributed by atoms with Crippen LogP contribution in [0.2, 0.25) is 0 Å². The van der Waals surface area contributed by atoms with Crippen LogP contribution in [0.15, 0.2) is 30.3 Å². The number of anilines is 1. The van der Waals surface area contributed by atoms with Crippen LogP contribution < -0.4 is 4.31 Å². The SMILES string of the molecule is CC(C)c1nc(N(C)S(C)(=O)=O)nc(-c2ccc(F)cc2)c1/C=C/C(=O)C[C@@H](O)CC=O. The highest BCUT2D eigenvalue weighted by atomic mass is 32.2. The first-order valence-corrected chi connectivity index (χ1v) is 11.7. The van der Waals surface area contributed by atoms with Gasteiger partial charge in [-0.05, 0) is 42.3 Å². The van der Waals surface area contributed by atoms with Crippen molar-refractivity contribution in [1.82, 2.24) is 9.97 Å². The number of aliphatic hydroxyl groups is 1. The second kappa shape index (κ2) is 10.6. The third-order valence-electron chi connectivity index (χ3n) is 4.65.